The number of aliphatic hydroxyl groups is 3. The summed E-state index contributed by atoms with van der Waals surface area (Å²) in [4.78, 5) is 11.7. The Morgan fingerprint density at radius 3 is 2.47 bits per heavy atom. The largest absolute Gasteiger partial charge is 0.385 e. The average Bonchev–Trinajstić information content (AvgIpc) is 2.24. The maximum atomic E-state index is 11.7. The standard InChI is InChI=1S/C11H12O4/c1-11(15)9(13)7-5-3-2-4-6(7)8(12)10(11)14/h2-5,9-10,13-15H,1H3/t9-,10+,11-/m1/s1. The van der Waals surface area contributed by atoms with Crippen LogP contribution in [0.5, 0.6) is 0 Å². The first kappa shape index (κ1) is 10.3. The number of carbonyl (C=O) groups excluding carboxylic acids is 1. The molecule has 0 fully saturated rings. The van der Waals surface area contributed by atoms with Crippen molar-refractivity contribution in [3.8, 4) is 0 Å². The number of fused-ring (bicyclic) bond motifs is 1. The van der Waals surface area contributed by atoms with E-state index in [1.54, 1.807) is 18.2 Å². The minimum Gasteiger partial charge on any atom is -0.385 e. The van der Waals surface area contributed by atoms with Crippen LogP contribution in [0, 0.1) is 0 Å². The second kappa shape index (κ2) is 3.13. The van der Waals surface area contributed by atoms with E-state index < -0.39 is 23.6 Å². The van der Waals surface area contributed by atoms with E-state index >= 15 is 0 Å². The maximum absolute atomic E-state index is 11.7. The summed E-state index contributed by atoms with van der Waals surface area (Å²) < 4.78 is 0. The highest BCUT2D eigenvalue weighted by Gasteiger charge is 2.48. The Morgan fingerprint density at radius 2 is 1.80 bits per heavy atom. The molecule has 0 radical (unpaired) electrons. The molecule has 0 bridgehead atoms. The molecule has 15 heavy (non-hydrogen) atoms. The fraction of sp³-hybridized carbons (Fsp3) is 0.364. The van der Waals surface area contributed by atoms with E-state index in [2.05, 4.69) is 0 Å². The highest BCUT2D eigenvalue weighted by Crippen LogP contribution is 2.37. The van der Waals surface area contributed by atoms with Gasteiger partial charge < -0.3 is 15.3 Å². The van der Waals surface area contributed by atoms with Gasteiger partial charge in [-0.25, -0.2) is 0 Å². The van der Waals surface area contributed by atoms with Gasteiger partial charge in [0.15, 0.2) is 5.78 Å². The van der Waals surface area contributed by atoms with Gasteiger partial charge in [-0.15, -0.1) is 0 Å². The molecule has 0 heterocycles. The molecular formula is C11H12O4. The molecule has 0 saturated carbocycles. The van der Waals surface area contributed by atoms with E-state index in [0.29, 0.717) is 5.56 Å². The van der Waals surface area contributed by atoms with E-state index in [1.165, 1.54) is 13.0 Å². The summed E-state index contributed by atoms with van der Waals surface area (Å²) in [5.41, 5.74) is -1.20. The van der Waals surface area contributed by atoms with Crippen molar-refractivity contribution in [3.63, 3.8) is 0 Å². The van der Waals surface area contributed by atoms with Crippen LogP contribution in [0.2, 0.25) is 0 Å². The summed E-state index contributed by atoms with van der Waals surface area (Å²) in [6, 6.07) is 6.41. The predicted molar refractivity (Wildman–Crippen MR) is 52.4 cm³/mol. The number of benzene rings is 1. The lowest BCUT2D eigenvalue weighted by Crippen LogP contribution is -2.52. The molecule has 2 rings (SSSR count). The molecule has 1 aromatic rings. The molecule has 80 valence electrons. The van der Waals surface area contributed by atoms with Crippen molar-refractivity contribution in [2.45, 2.75) is 24.7 Å². The van der Waals surface area contributed by atoms with Crippen LogP contribution in [0.1, 0.15) is 28.9 Å². The Kier molecular flexibility index (Phi) is 2.15. The summed E-state index contributed by atoms with van der Waals surface area (Å²) >= 11 is 0. The molecule has 1 aliphatic carbocycles. The first-order chi connectivity index (χ1) is 6.96. The molecule has 3 N–H and O–H groups in total. The lowest BCUT2D eigenvalue weighted by Gasteiger charge is -2.38. The van der Waals surface area contributed by atoms with E-state index in [4.69, 9.17) is 0 Å². The monoisotopic (exact) mass is 208 g/mol. The highest BCUT2D eigenvalue weighted by atomic mass is 16.4. The van der Waals surface area contributed by atoms with Crippen molar-refractivity contribution < 1.29 is 20.1 Å². The molecule has 1 aromatic carbocycles. The number of hydrogen-bond donors (Lipinski definition) is 3. The van der Waals surface area contributed by atoms with Gasteiger partial charge in [0.05, 0.1) is 0 Å². The quantitative estimate of drug-likeness (QED) is 0.562. The van der Waals surface area contributed by atoms with Crippen LogP contribution in [-0.2, 0) is 0 Å². The summed E-state index contributed by atoms with van der Waals surface area (Å²) in [7, 11) is 0. The molecule has 0 unspecified atom stereocenters. The van der Waals surface area contributed by atoms with Gasteiger partial charge in [0, 0.05) is 5.56 Å². The molecule has 0 spiro atoms. The van der Waals surface area contributed by atoms with Crippen LogP contribution in [0.15, 0.2) is 24.3 Å². The van der Waals surface area contributed by atoms with Crippen LogP contribution in [0.25, 0.3) is 0 Å². The molecular weight excluding hydrogens is 196 g/mol. The first-order valence-electron chi connectivity index (χ1n) is 4.68. The average molecular weight is 208 g/mol. The SMILES string of the molecule is C[C@@]1(O)[C@H](O)c2ccccc2C(=O)[C@@H]1O. The van der Waals surface area contributed by atoms with E-state index in [1.807, 2.05) is 0 Å². The fourth-order valence-corrected chi connectivity index (χ4v) is 1.84. The van der Waals surface area contributed by atoms with E-state index in [-0.39, 0.29) is 5.56 Å². The van der Waals surface area contributed by atoms with Gasteiger partial charge in [0.1, 0.15) is 17.8 Å². The highest BCUT2D eigenvalue weighted by molar-refractivity contribution is 6.02. The van der Waals surface area contributed by atoms with Crippen molar-refractivity contribution in [3.05, 3.63) is 35.4 Å². The normalized spacial score (nSPS) is 35.1. The molecule has 4 nitrogen and oxygen atoms in total. The van der Waals surface area contributed by atoms with Crippen molar-refractivity contribution in [2.75, 3.05) is 0 Å². The van der Waals surface area contributed by atoms with Gasteiger partial charge in [0.2, 0.25) is 0 Å². The van der Waals surface area contributed by atoms with Crippen molar-refractivity contribution in [1.82, 2.24) is 0 Å². The summed E-state index contributed by atoms with van der Waals surface area (Å²) in [6.45, 7) is 1.25. The van der Waals surface area contributed by atoms with Gasteiger partial charge >= 0.3 is 0 Å². The number of Topliss-reactive ketones (excluding diaryl/α,β-unsaturated/α-hetero) is 1. The Bertz CT molecular complexity index is 411. The molecule has 4 heteroatoms. The molecule has 0 aliphatic heterocycles. The third-order valence-electron chi connectivity index (χ3n) is 2.88. The predicted octanol–water partition coefficient (Wildman–Crippen LogP) is 0.0282. The Labute approximate surface area is 86.8 Å². The van der Waals surface area contributed by atoms with Crippen molar-refractivity contribution in [2.24, 2.45) is 0 Å². The van der Waals surface area contributed by atoms with Crippen LogP contribution < -0.4 is 0 Å². The fourth-order valence-electron chi connectivity index (χ4n) is 1.84. The Hall–Kier alpha value is -1.23. The van der Waals surface area contributed by atoms with Crippen molar-refractivity contribution >= 4 is 5.78 Å². The lowest BCUT2D eigenvalue weighted by molar-refractivity contribution is -0.126. The first-order valence-corrected chi connectivity index (χ1v) is 4.68. The second-order valence-corrected chi connectivity index (χ2v) is 3.98. The number of ketones is 1. The van der Waals surface area contributed by atoms with Gasteiger partial charge in [-0.1, -0.05) is 24.3 Å². The zero-order chi connectivity index (χ0) is 11.2. The van der Waals surface area contributed by atoms with Crippen molar-refractivity contribution in [1.29, 1.82) is 0 Å². The lowest BCUT2D eigenvalue weighted by atomic mass is 9.76. The molecule has 1 aliphatic rings. The topological polar surface area (TPSA) is 77.8 Å². The van der Waals surface area contributed by atoms with Gasteiger partial charge in [-0.3, -0.25) is 4.79 Å². The molecule has 0 amide bonds. The van der Waals surface area contributed by atoms with Crippen LogP contribution >= 0.6 is 0 Å². The van der Waals surface area contributed by atoms with Crippen LogP contribution in [0.4, 0.5) is 0 Å². The third kappa shape index (κ3) is 1.30. The molecule has 3 atom stereocenters. The zero-order valence-electron chi connectivity index (χ0n) is 8.21. The minimum absolute atomic E-state index is 0.268. The number of rotatable bonds is 0. The van der Waals surface area contributed by atoms with Crippen LogP contribution in [-0.4, -0.2) is 32.8 Å². The summed E-state index contributed by atoms with van der Waals surface area (Å²) in [6.07, 6.45) is -2.83. The zero-order valence-corrected chi connectivity index (χ0v) is 8.21. The summed E-state index contributed by atoms with van der Waals surface area (Å²) in [5, 5.41) is 29.2. The maximum Gasteiger partial charge on any atom is 0.194 e. The molecule has 0 saturated heterocycles. The third-order valence-corrected chi connectivity index (χ3v) is 2.88. The van der Waals surface area contributed by atoms with E-state index in [9.17, 15) is 20.1 Å². The molecule has 0 aromatic heterocycles. The number of hydrogen-bond acceptors (Lipinski definition) is 4. The van der Waals surface area contributed by atoms with Gasteiger partial charge in [0.25, 0.3) is 0 Å². The smallest absolute Gasteiger partial charge is 0.194 e. The van der Waals surface area contributed by atoms with E-state index in [0.717, 1.165) is 0 Å². The number of carbonyl (C=O) groups is 1. The number of aliphatic hydroxyl groups excluding tert-OH is 2. The van der Waals surface area contributed by atoms with Gasteiger partial charge in [-0.2, -0.15) is 0 Å². The Morgan fingerprint density at radius 1 is 1.20 bits per heavy atom. The summed E-state index contributed by atoms with van der Waals surface area (Å²) in [5.74, 6) is -0.555. The Balaban J connectivity index is 2.63. The minimum atomic E-state index is -1.83. The van der Waals surface area contributed by atoms with Crippen LogP contribution in [0.3, 0.4) is 0 Å². The second-order valence-electron chi connectivity index (χ2n) is 3.98. The van der Waals surface area contributed by atoms with Gasteiger partial charge in [-0.05, 0) is 12.5 Å².